The Hall–Kier alpha value is -4.85. The Labute approximate surface area is 240 Å². The third-order valence-electron chi connectivity index (χ3n) is 6.76. The predicted molar refractivity (Wildman–Crippen MR) is 154 cm³/mol. The lowest BCUT2D eigenvalue weighted by molar-refractivity contribution is 0.443. The van der Waals surface area contributed by atoms with Gasteiger partial charge in [-0.05, 0) is 24.3 Å². The van der Waals surface area contributed by atoms with Crippen molar-refractivity contribution in [1.82, 2.24) is 29.1 Å². The maximum Gasteiger partial charge on any atom is 0.301 e. The van der Waals surface area contributed by atoms with E-state index in [-0.39, 0.29) is 34.6 Å². The fraction of sp³-hybridized carbons (Fsp3) is 0.269. The largest absolute Gasteiger partial charge is 0.451 e. The molecule has 1 fully saturated rings. The zero-order chi connectivity index (χ0) is 30.0. The van der Waals surface area contributed by atoms with Gasteiger partial charge in [0.15, 0.2) is 17.3 Å². The predicted octanol–water partition coefficient (Wildman–Crippen LogP) is 1.58. The average Bonchev–Trinajstić information content (AvgIpc) is 3.00. The van der Waals surface area contributed by atoms with Crippen LogP contribution in [0.25, 0.3) is 16.6 Å². The molecular formula is C26H27FN10O4S. The Balaban J connectivity index is 1.52. The van der Waals surface area contributed by atoms with Crippen LogP contribution in [0, 0.1) is 17.1 Å². The number of hydrogen-bond acceptors (Lipinski definition) is 11. The first-order valence-electron chi connectivity index (χ1n) is 12.9. The number of nitrogens with two attached hydrogens (primary N) is 1. The summed E-state index contributed by atoms with van der Waals surface area (Å²) in [5.41, 5.74) is 5.63. The number of nitrogens with zero attached hydrogens (tertiary/aromatic N) is 7. The van der Waals surface area contributed by atoms with Gasteiger partial charge in [-0.15, -0.1) is 0 Å². The number of rotatable bonds is 8. The summed E-state index contributed by atoms with van der Waals surface area (Å²) in [6.45, 7) is 4.94. The molecule has 16 heteroatoms. The summed E-state index contributed by atoms with van der Waals surface area (Å²) < 4.78 is 50.2. The summed E-state index contributed by atoms with van der Waals surface area (Å²) in [6.07, 6.45) is 4.34. The first-order valence-corrected chi connectivity index (χ1v) is 14.3. The third kappa shape index (κ3) is 5.40. The molecular weight excluding hydrogens is 567 g/mol. The van der Waals surface area contributed by atoms with Gasteiger partial charge < -0.3 is 20.7 Å². The van der Waals surface area contributed by atoms with Crippen LogP contribution in [0.4, 0.5) is 21.7 Å². The molecule has 0 aliphatic carbocycles. The highest BCUT2D eigenvalue weighted by molar-refractivity contribution is 7.90. The van der Waals surface area contributed by atoms with Crippen molar-refractivity contribution in [2.24, 2.45) is 0 Å². The van der Waals surface area contributed by atoms with Gasteiger partial charge >= 0.3 is 10.2 Å². The summed E-state index contributed by atoms with van der Waals surface area (Å²) >= 11 is 0. The summed E-state index contributed by atoms with van der Waals surface area (Å²) in [5, 5.41) is 13.0. The third-order valence-corrected chi connectivity index (χ3v) is 8.32. The van der Waals surface area contributed by atoms with Crippen LogP contribution in [0.2, 0.25) is 0 Å². The van der Waals surface area contributed by atoms with Gasteiger partial charge in [-0.25, -0.2) is 19.3 Å². The molecule has 1 saturated heterocycles. The highest BCUT2D eigenvalue weighted by Crippen LogP contribution is 2.37. The number of anilines is 3. The van der Waals surface area contributed by atoms with Crippen LogP contribution in [0.3, 0.4) is 0 Å². The molecule has 0 amide bonds. The molecule has 3 heterocycles. The number of nitriles is 1. The van der Waals surface area contributed by atoms with Crippen molar-refractivity contribution in [3.63, 3.8) is 0 Å². The second kappa shape index (κ2) is 11.6. The summed E-state index contributed by atoms with van der Waals surface area (Å²) in [6, 6.07) is 6.69. The second-order valence-electron chi connectivity index (χ2n) is 9.30. The van der Waals surface area contributed by atoms with Gasteiger partial charge in [-0.2, -0.15) is 18.0 Å². The van der Waals surface area contributed by atoms with Crippen LogP contribution in [0.15, 0.2) is 47.8 Å². The maximum atomic E-state index is 14.9. The number of halogens is 1. The Kier molecular flexibility index (Phi) is 7.89. The Morgan fingerprint density at radius 1 is 1.19 bits per heavy atom. The topological polar surface area (TPSA) is 184 Å². The molecule has 0 unspecified atom stereocenters. The molecule has 5 rings (SSSR count). The van der Waals surface area contributed by atoms with E-state index in [4.69, 9.17) is 10.5 Å². The van der Waals surface area contributed by atoms with Crippen LogP contribution in [0.5, 0.6) is 11.5 Å². The molecule has 0 bridgehead atoms. The standard InChI is InChI=1S/C26H27FN10O4S/c1-3-35(2)42(39,40)34-19-5-4-18(27)24(17(19)12-28)41-21-7-6-20-22(23(21)29)25(38)37(15-33-20)16-13-31-26(32-14-16)36-10-8-30-9-11-36/h4-7,13-15,30,34H,3,8-11,29H2,1-2H3. The van der Waals surface area contributed by atoms with Crippen molar-refractivity contribution in [3.05, 3.63) is 64.7 Å². The van der Waals surface area contributed by atoms with Crippen LogP contribution >= 0.6 is 0 Å². The molecule has 0 radical (unpaired) electrons. The van der Waals surface area contributed by atoms with Crippen LogP contribution in [-0.4, -0.2) is 72.0 Å². The lowest BCUT2D eigenvalue weighted by Crippen LogP contribution is -2.44. The number of benzene rings is 2. The van der Waals surface area contributed by atoms with Crippen molar-refractivity contribution in [3.8, 4) is 23.3 Å². The van der Waals surface area contributed by atoms with Crippen LogP contribution in [0.1, 0.15) is 12.5 Å². The van der Waals surface area contributed by atoms with Crippen LogP contribution < -0.4 is 31.0 Å². The normalized spacial score (nSPS) is 13.7. The molecule has 0 saturated carbocycles. The van der Waals surface area contributed by atoms with E-state index in [9.17, 15) is 22.9 Å². The molecule has 1 aliphatic rings. The Bertz CT molecular complexity index is 1850. The van der Waals surface area contributed by atoms with Gasteiger partial charge in [0.2, 0.25) is 5.95 Å². The lowest BCUT2D eigenvalue weighted by Gasteiger charge is -2.27. The number of piperazine rings is 1. The molecule has 4 aromatic rings. The smallest absolute Gasteiger partial charge is 0.301 e. The molecule has 2 aromatic carbocycles. The molecule has 14 nitrogen and oxygen atoms in total. The van der Waals surface area contributed by atoms with Crippen LogP contribution in [-0.2, 0) is 10.2 Å². The van der Waals surface area contributed by atoms with E-state index in [0.29, 0.717) is 11.6 Å². The fourth-order valence-corrected chi connectivity index (χ4v) is 5.25. The number of fused-ring (bicyclic) bond motifs is 1. The average molecular weight is 595 g/mol. The quantitative estimate of drug-likeness (QED) is 0.252. The minimum absolute atomic E-state index is 0.0125. The van der Waals surface area contributed by atoms with Crippen molar-refractivity contribution in [2.45, 2.75) is 6.92 Å². The molecule has 0 atom stereocenters. The van der Waals surface area contributed by atoms with Crippen molar-refractivity contribution < 1.29 is 17.5 Å². The zero-order valence-electron chi connectivity index (χ0n) is 22.7. The fourth-order valence-electron chi connectivity index (χ4n) is 4.30. The highest BCUT2D eigenvalue weighted by Gasteiger charge is 2.23. The maximum absolute atomic E-state index is 14.9. The minimum Gasteiger partial charge on any atom is -0.451 e. The Morgan fingerprint density at radius 3 is 2.57 bits per heavy atom. The van der Waals surface area contributed by atoms with E-state index in [1.165, 1.54) is 42.5 Å². The first-order chi connectivity index (χ1) is 20.1. The summed E-state index contributed by atoms with van der Waals surface area (Å²) in [4.78, 5) is 28.7. The zero-order valence-corrected chi connectivity index (χ0v) is 23.5. The van der Waals surface area contributed by atoms with Crippen molar-refractivity contribution in [2.75, 3.05) is 55.1 Å². The van der Waals surface area contributed by atoms with E-state index in [2.05, 4.69) is 25.0 Å². The van der Waals surface area contributed by atoms with E-state index in [0.717, 1.165) is 42.6 Å². The number of hydrogen-bond donors (Lipinski definition) is 3. The summed E-state index contributed by atoms with van der Waals surface area (Å²) in [7, 11) is -2.67. The number of nitrogens with one attached hydrogen (secondary N) is 2. The molecule has 42 heavy (non-hydrogen) atoms. The number of nitrogen functional groups attached to an aromatic ring is 1. The van der Waals surface area contributed by atoms with E-state index in [1.54, 1.807) is 13.0 Å². The number of aromatic nitrogens is 4. The van der Waals surface area contributed by atoms with Gasteiger partial charge in [-0.3, -0.25) is 14.1 Å². The Morgan fingerprint density at radius 2 is 1.90 bits per heavy atom. The van der Waals surface area contributed by atoms with E-state index < -0.39 is 32.9 Å². The van der Waals surface area contributed by atoms with Gasteiger partial charge in [0, 0.05) is 39.8 Å². The van der Waals surface area contributed by atoms with Crippen molar-refractivity contribution in [1.29, 1.82) is 5.26 Å². The molecule has 2 aromatic heterocycles. The minimum atomic E-state index is -4.02. The molecule has 218 valence electrons. The second-order valence-corrected chi connectivity index (χ2v) is 11.1. The summed E-state index contributed by atoms with van der Waals surface area (Å²) in [5.74, 6) is -1.10. The SMILES string of the molecule is CCN(C)S(=O)(=O)Nc1ccc(F)c(Oc2ccc3ncn(-c4cnc(N5CCNCC5)nc4)c(=O)c3c2N)c1C#N. The van der Waals surface area contributed by atoms with E-state index in [1.807, 2.05) is 4.90 Å². The molecule has 1 aliphatic heterocycles. The molecule has 0 spiro atoms. The lowest BCUT2D eigenvalue weighted by atomic mass is 10.1. The van der Waals surface area contributed by atoms with Gasteiger partial charge in [0.1, 0.15) is 18.0 Å². The molecule has 4 N–H and O–H groups in total. The van der Waals surface area contributed by atoms with Gasteiger partial charge in [0.05, 0.1) is 40.4 Å². The van der Waals surface area contributed by atoms with Gasteiger partial charge in [0.25, 0.3) is 5.56 Å². The van der Waals surface area contributed by atoms with E-state index >= 15 is 0 Å². The number of ether oxygens (including phenoxy) is 1. The van der Waals surface area contributed by atoms with Gasteiger partial charge in [-0.1, -0.05) is 6.92 Å². The first kappa shape index (κ1) is 28.7. The van der Waals surface area contributed by atoms with Crippen molar-refractivity contribution >= 4 is 38.4 Å². The highest BCUT2D eigenvalue weighted by atomic mass is 32.2. The monoisotopic (exact) mass is 594 g/mol.